The van der Waals surface area contributed by atoms with E-state index in [2.05, 4.69) is 16.2 Å². The van der Waals surface area contributed by atoms with Gasteiger partial charge in [0.15, 0.2) is 11.5 Å². The van der Waals surface area contributed by atoms with E-state index in [1.807, 2.05) is 30.3 Å². The van der Waals surface area contributed by atoms with Crippen LogP contribution in [0.2, 0.25) is 0 Å². The molecule has 0 aromatic heterocycles. The highest BCUT2D eigenvalue weighted by molar-refractivity contribution is 5.97. The summed E-state index contributed by atoms with van der Waals surface area (Å²) in [6, 6.07) is 12.0. The second kappa shape index (κ2) is 10.5. The summed E-state index contributed by atoms with van der Waals surface area (Å²) in [7, 11) is 4.31. The maximum Gasteiger partial charge on any atom is 0.269 e. The number of hydrogen-bond acceptors (Lipinski definition) is 6. The van der Waals surface area contributed by atoms with Crippen LogP contribution in [0.15, 0.2) is 42.5 Å². The molecule has 0 spiro atoms. The van der Waals surface area contributed by atoms with Gasteiger partial charge in [-0.15, -0.1) is 0 Å². The fraction of sp³-hybridized carbons (Fsp3) is 0.250. The zero-order valence-corrected chi connectivity index (χ0v) is 16.4. The second-order valence-corrected chi connectivity index (χ2v) is 5.86. The molecule has 0 atom stereocenters. The summed E-state index contributed by atoms with van der Waals surface area (Å²) < 4.78 is 15.6. The van der Waals surface area contributed by atoms with Gasteiger partial charge in [0.2, 0.25) is 11.7 Å². The Labute approximate surface area is 168 Å². The minimum absolute atomic E-state index is 0.159. The zero-order valence-electron chi connectivity index (χ0n) is 16.4. The van der Waals surface area contributed by atoms with Crippen LogP contribution in [-0.2, 0) is 16.0 Å². The Kier molecular flexibility index (Phi) is 7.84. The first-order valence-electron chi connectivity index (χ1n) is 8.68. The number of carbonyl (C=O) groups is 3. The number of hydrogen-bond donors (Lipinski definition) is 3. The number of methoxy groups -OCH3 is 3. The van der Waals surface area contributed by atoms with Gasteiger partial charge in [0.25, 0.3) is 11.8 Å². The summed E-state index contributed by atoms with van der Waals surface area (Å²) >= 11 is 0. The summed E-state index contributed by atoms with van der Waals surface area (Å²) in [5.74, 6) is -0.521. The summed E-state index contributed by atoms with van der Waals surface area (Å²) in [6.45, 7) is -0.277. The molecule has 0 unspecified atom stereocenters. The largest absolute Gasteiger partial charge is 0.493 e. The minimum atomic E-state index is -0.590. The lowest BCUT2D eigenvalue weighted by atomic mass is 10.1. The van der Waals surface area contributed by atoms with E-state index in [1.165, 1.54) is 33.5 Å². The van der Waals surface area contributed by atoms with Gasteiger partial charge in [0.05, 0.1) is 34.3 Å². The van der Waals surface area contributed by atoms with Gasteiger partial charge in [0, 0.05) is 5.56 Å². The molecule has 0 saturated heterocycles. The van der Waals surface area contributed by atoms with Crippen molar-refractivity contribution < 1.29 is 28.6 Å². The van der Waals surface area contributed by atoms with Gasteiger partial charge in [-0.05, 0) is 17.7 Å². The van der Waals surface area contributed by atoms with E-state index < -0.39 is 11.8 Å². The standard InChI is InChI=1S/C20H23N3O6/c1-27-15-10-14(11-16(28-2)19(15)29-3)20(26)23-22-18(25)12-21-17(24)9-13-7-5-4-6-8-13/h4-8,10-11H,9,12H2,1-3H3,(H,21,24)(H,22,25)(H,23,26). The first kappa shape index (κ1) is 21.5. The highest BCUT2D eigenvalue weighted by atomic mass is 16.5. The summed E-state index contributed by atoms with van der Waals surface area (Å²) in [5, 5.41) is 2.49. The topological polar surface area (TPSA) is 115 Å². The average molecular weight is 401 g/mol. The number of benzene rings is 2. The molecule has 0 bridgehead atoms. The van der Waals surface area contributed by atoms with Crippen molar-refractivity contribution in [3.8, 4) is 17.2 Å². The van der Waals surface area contributed by atoms with Gasteiger partial charge < -0.3 is 19.5 Å². The van der Waals surface area contributed by atoms with E-state index in [0.29, 0.717) is 17.2 Å². The van der Waals surface area contributed by atoms with Crippen LogP contribution in [0.1, 0.15) is 15.9 Å². The lowest BCUT2D eigenvalue weighted by Gasteiger charge is -2.14. The Morgan fingerprint density at radius 1 is 0.828 bits per heavy atom. The van der Waals surface area contributed by atoms with Crippen LogP contribution in [0, 0.1) is 0 Å². The molecule has 0 heterocycles. The van der Waals surface area contributed by atoms with Crippen molar-refractivity contribution in [3.63, 3.8) is 0 Å². The monoisotopic (exact) mass is 401 g/mol. The van der Waals surface area contributed by atoms with Gasteiger partial charge in [-0.3, -0.25) is 25.2 Å². The van der Waals surface area contributed by atoms with Gasteiger partial charge in [0.1, 0.15) is 0 Å². The molecule has 29 heavy (non-hydrogen) atoms. The predicted octanol–water partition coefficient (Wildman–Crippen LogP) is 0.832. The number of hydrazine groups is 1. The average Bonchev–Trinajstić information content (AvgIpc) is 2.75. The Balaban J connectivity index is 1.87. The Hall–Kier alpha value is -3.75. The first-order valence-corrected chi connectivity index (χ1v) is 8.68. The molecule has 2 aromatic carbocycles. The highest BCUT2D eigenvalue weighted by Crippen LogP contribution is 2.38. The molecule has 154 valence electrons. The van der Waals surface area contributed by atoms with E-state index in [-0.39, 0.29) is 24.4 Å². The first-order chi connectivity index (χ1) is 14.0. The second-order valence-electron chi connectivity index (χ2n) is 5.86. The third kappa shape index (κ3) is 6.13. The summed E-state index contributed by atoms with van der Waals surface area (Å²) in [5.41, 5.74) is 5.53. The van der Waals surface area contributed by atoms with Crippen molar-refractivity contribution in [1.82, 2.24) is 16.2 Å². The van der Waals surface area contributed by atoms with E-state index in [4.69, 9.17) is 14.2 Å². The van der Waals surface area contributed by atoms with Crippen LogP contribution in [0.5, 0.6) is 17.2 Å². The lowest BCUT2D eigenvalue weighted by Crippen LogP contribution is -2.46. The Morgan fingerprint density at radius 2 is 1.45 bits per heavy atom. The van der Waals surface area contributed by atoms with Crippen LogP contribution in [0.25, 0.3) is 0 Å². The third-order valence-corrected chi connectivity index (χ3v) is 3.90. The SMILES string of the molecule is COc1cc(C(=O)NNC(=O)CNC(=O)Cc2ccccc2)cc(OC)c1OC. The van der Waals surface area contributed by atoms with Crippen molar-refractivity contribution in [2.45, 2.75) is 6.42 Å². The van der Waals surface area contributed by atoms with E-state index >= 15 is 0 Å². The van der Waals surface area contributed by atoms with E-state index in [1.54, 1.807) is 0 Å². The number of amides is 3. The molecule has 3 amide bonds. The maximum absolute atomic E-state index is 12.3. The van der Waals surface area contributed by atoms with Crippen molar-refractivity contribution >= 4 is 17.7 Å². The fourth-order valence-corrected chi connectivity index (χ4v) is 2.48. The molecular weight excluding hydrogens is 378 g/mol. The Morgan fingerprint density at radius 3 is 2.00 bits per heavy atom. The molecule has 0 radical (unpaired) electrons. The fourth-order valence-electron chi connectivity index (χ4n) is 2.48. The van der Waals surface area contributed by atoms with Crippen LogP contribution in [0.3, 0.4) is 0 Å². The third-order valence-electron chi connectivity index (χ3n) is 3.90. The van der Waals surface area contributed by atoms with E-state index in [9.17, 15) is 14.4 Å². The molecule has 2 rings (SSSR count). The van der Waals surface area contributed by atoms with Crippen LogP contribution >= 0.6 is 0 Å². The molecular formula is C20H23N3O6. The number of ether oxygens (including phenoxy) is 3. The molecule has 0 saturated carbocycles. The molecule has 2 aromatic rings. The van der Waals surface area contributed by atoms with Crippen molar-refractivity contribution in [3.05, 3.63) is 53.6 Å². The van der Waals surface area contributed by atoms with Crippen molar-refractivity contribution in [1.29, 1.82) is 0 Å². The highest BCUT2D eigenvalue weighted by Gasteiger charge is 2.17. The molecule has 9 heteroatoms. The normalized spacial score (nSPS) is 9.90. The molecule has 3 N–H and O–H groups in total. The summed E-state index contributed by atoms with van der Waals surface area (Å²) in [4.78, 5) is 36.0. The minimum Gasteiger partial charge on any atom is -0.493 e. The van der Waals surface area contributed by atoms with Gasteiger partial charge in [-0.25, -0.2) is 0 Å². The predicted molar refractivity (Wildman–Crippen MR) is 105 cm³/mol. The van der Waals surface area contributed by atoms with Crippen LogP contribution in [0.4, 0.5) is 0 Å². The number of carbonyl (C=O) groups excluding carboxylic acids is 3. The number of rotatable bonds is 8. The van der Waals surface area contributed by atoms with Crippen LogP contribution in [-0.4, -0.2) is 45.6 Å². The van der Waals surface area contributed by atoms with Crippen molar-refractivity contribution in [2.24, 2.45) is 0 Å². The molecule has 0 aliphatic heterocycles. The zero-order chi connectivity index (χ0) is 21.2. The maximum atomic E-state index is 12.3. The van der Waals surface area contributed by atoms with Gasteiger partial charge >= 0.3 is 0 Å². The van der Waals surface area contributed by atoms with Crippen LogP contribution < -0.4 is 30.4 Å². The lowest BCUT2D eigenvalue weighted by molar-refractivity contribution is -0.126. The van der Waals surface area contributed by atoms with E-state index in [0.717, 1.165) is 5.56 Å². The molecule has 0 aliphatic carbocycles. The Bertz CT molecular complexity index is 845. The smallest absolute Gasteiger partial charge is 0.269 e. The van der Waals surface area contributed by atoms with Gasteiger partial charge in [-0.2, -0.15) is 0 Å². The molecule has 0 fully saturated rings. The van der Waals surface area contributed by atoms with Crippen molar-refractivity contribution in [2.75, 3.05) is 27.9 Å². The quantitative estimate of drug-likeness (QED) is 0.565. The summed E-state index contributed by atoms with van der Waals surface area (Å²) in [6.07, 6.45) is 0.159. The molecule has 9 nitrogen and oxygen atoms in total. The molecule has 0 aliphatic rings. The van der Waals surface area contributed by atoms with Gasteiger partial charge in [-0.1, -0.05) is 30.3 Å². The number of nitrogens with one attached hydrogen (secondary N) is 3.